The number of hydrogen-bond donors (Lipinski definition) is 0. The second-order valence-electron chi connectivity index (χ2n) is 6.38. The molecule has 1 aliphatic carbocycles. The van der Waals surface area contributed by atoms with Crippen molar-refractivity contribution in [3.63, 3.8) is 0 Å². The smallest absolute Gasteiger partial charge is 0.263 e. The van der Waals surface area contributed by atoms with Crippen molar-refractivity contribution in [3.8, 4) is 5.88 Å². The van der Waals surface area contributed by atoms with Crippen LogP contribution in [0.4, 0.5) is 11.4 Å². The Hall–Kier alpha value is -2.56. The number of fused-ring (bicyclic) bond motifs is 1. The van der Waals surface area contributed by atoms with Crippen LogP contribution in [0, 0.1) is 6.92 Å². The fourth-order valence-corrected chi connectivity index (χ4v) is 3.50. The molecule has 24 heavy (non-hydrogen) atoms. The van der Waals surface area contributed by atoms with Gasteiger partial charge in [0, 0.05) is 25.3 Å². The van der Waals surface area contributed by atoms with E-state index in [1.54, 1.807) is 25.4 Å². The molecular formula is C19H21N3O2. The van der Waals surface area contributed by atoms with Crippen LogP contribution < -0.4 is 14.5 Å². The number of aromatic nitrogens is 1. The summed E-state index contributed by atoms with van der Waals surface area (Å²) in [4.78, 5) is 21.6. The van der Waals surface area contributed by atoms with Gasteiger partial charge in [-0.2, -0.15) is 0 Å². The van der Waals surface area contributed by atoms with E-state index < -0.39 is 0 Å². The first kappa shape index (κ1) is 15.0. The molecule has 2 heterocycles. The van der Waals surface area contributed by atoms with E-state index in [0.717, 1.165) is 12.2 Å². The van der Waals surface area contributed by atoms with Crippen LogP contribution in [0.2, 0.25) is 0 Å². The molecule has 0 unspecified atom stereocenters. The Morgan fingerprint density at radius 2 is 2.04 bits per heavy atom. The maximum Gasteiger partial charge on any atom is 0.263 e. The lowest BCUT2D eigenvalue weighted by Gasteiger charge is -2.39. The van der Waals surface area contributed by atoms with Gasteiger partial charge in [0.15, 0.2) is 0 Å². The predicted molar refractivity (Wildman–Crippen MR) is 94.0 cm³/mol. The van der Waals surface area contributed by atoms with Crippen LogP contribution in [-0.2, 0) is 0 Å². The quantitative estimate of drug-likeness (QED) is 0.871. The molecule has 0 radical (unpaired) electrons. The standard InChI is InChI=1S/C19H21N3O2/c1-13-5-3-7-16-17(13)21(14-8-9-14)11-12-22(16)19(23)15-6-4-10-20-18(15)24-2/h3-7,10,14H,8-9,11-12H2,1-2H3. The maximum absolute atomic E-state index is 13.1. The van der Waals surface area contributed by atoms with Crippen LogP contribution in [0.1, 0.15) is 28.8 Å². The topological polar surface area (TPSA) is 45.7 Å². The lowest BCUT2D eigenvalue weighted by molar-refractivity contribution is 0.0983. The van der Waals surface area contributed by atoms with Gasteiger partial charge in [0.05, 0.1) is 18.5 Å². The summed E-state index contributed by atoms with van der Waals surface area (Å²) in [5, 5.41) is 0. The summed E-state index contributed by atoms with van der Waals surface area (Å²) < 4.78 is 5.27. The molecule has 5 heteroatoms. The molecule has 2 aromatic rings. The van der Waals surface area contributed by atoms with Crippen molar-refractivity contribution in [1.29, 1.82) is 0 Å². The van der Waals surface area contributed by atoms with E-state index in [4.69, 9.17) is 4.74 Å². The molecule has 1 aliphatic heterocycles. The Balaban J connectivity index is 1.75. The highest BCUT2D eigenvalue weighted by Gasteiger charge is 2.37. The zero-order valence-corrected chi connectivity index (χ0v) is 14.0. The van der Waals surface area contributed by atoms with E-state index in [1.165, 1.54) is 24.1 Å². The number of carbonyl (C=O) groups excluding carboxylic acids is 1. The number of carbonyl (C=O) groups is 1. The summed E-state index contributed by atoms with van der Waals surface area (Å²) in [6, 6.07) is 10.4. The molecule has 0 atom stereocenters. The molecule has 1 saturated carbocycles. The minimum absolute atomic E-state index is 0.0535. The lowest BCUT2D eigenvalue weighted by atomic mass is 10.1. The molecule has 0 bridgehead atoms. The van der Waals surface area contributed by atoms with Gasteiger partial charge in [-0.3, -0.25) is 4.79 Å². The summed E-state index contributed by atoms with van der Waals surface area (Å²) in [6.07, 6.45) is 4.13. The van der Waals surface area contributed by atoms with Crippen LogP contribution in [0.25, 0.3) is 0 Å². The van der Waals surface area contributed by atoms with Gasteiger partial charge in [-0.1, -0.05) is 12.1 Å². The molecule has 1 aromatic heterocycles. The number of pyridine rings is 1. The maximum atomic E-state index is 13.1. The summed E-state index contributed by atoms with van der Waals surface area (Å²) in [5.41, 5.74) is 3.91. The molecule has 5 nitrogen and oxygen atoms in total. The van der Waals surface area contributed by atoms with Crippen molar-refractivity contribution in [2.75, 3.05) is 30.0 Å². The van der Waals surface area contributed by atoms with Crippen LogP contribution in [0.3, 0.4) is 0 Å². The third-order valence-electron chi connectivity index (χ3n) is 4.79. The monoisotopic (exact) mass is 323 g/mol. The van der Waals surface area contributed by atoms with E-state index in [-0.39, 0.29) is 5.91 Å². The number of rotatable bonds is 3. The van der Waals surface area contributed by atoms with E-state index in [9.17, 15) is 4.79 Å². The average molecular weight is 323 g/mol. The fourth-order valence-electron chi connectivity index (χ4n) is 3.50. The summed E-state index contributed by atoms with van der Waals surface area (Å²) in [5.74, 6) is 0.323. The van der Waals surface area contributed by atoms with E-state index in [1.807, 2.05) is 17.0 Å². The van der Waals surface area contributed by atoms with Gasteiger partial charge in [-0.05, 0) is 43.5 Å². The van der Waals surface area contributed by atoms with Crippen LogP contribution in [0.15, 0.2) is 36.5 Å². The van der Waals surface area contributed by atoms with Gasteiger partial charge in [0.25, 0.3) is 5.91 Å². The summed E-state index contributed by atoms with van der Waals surface area (Å²) in [7, 11) is 1.54. The number of aryl methyl sites for hydroxylation is 1. The lowest BCUT2D eigenvalue weighted by Crippen LogP contribution is -2.45. The zero-order chi connectivity index (χ0) is 16.7. The molecule has 124 valence electrons. The number of ether oxygens (including phenoxy) is 1. The second-order valence-corrected chi connectivity index (χ2v) is 6.38. The Labute approximate surface area is 141 Å². The SMILES string of the molecule is COc1ncccc1C(=O)N1CCN(C2CC2)c2c(C)cccc21. The van der Waals surface area contributed by atoms with Crippen molar-refractivity contribution in [3.05, 3.63) is 47.7 Å². The molecule has 1 fully saturated rings. The van der Waals surface area contributed by atoms with E-state index >= 15 is 0 Å². The third kappa shape index (κ3) is 2.40. The normalized spacial score (nSPS) is 16.8. The van der Waals surface area contributed by atoms with Gasteiger partial charge in [0.2, 0.25) is 5.88 Å². The first-order valence-electron chi connectivity index (χ1n) is 8.38. The first-order valence-corrected chi connectivity index (χ1v) is 8.38. The largest absolute Gasteiger partial charge is 0.480 e. The van der Waals surface area contributed by atoms with Crippen LogP contribution >= 0.6 is 0 Å². The van der Waals surface area contributed by atoms with Gasteiger partial charge in [0.1, 0.15) is 5.56 Å². The highest BCUT2D eigenvalue weighted by molar-refractivity contribution is 6.10. The van der Waals surface area contributed by atoms with E-state index in [0.29, 0.717) is 24.0 Å². The van der Waals surface area contributed by atoms with E-state index in [2.05, 4.69) is 22.9 Å². The number of anilines is 2. The average Bonchev–Trinajstić information content (AvgIpc) is 3.45. The second kappa shape index (κ2) is 5.82. The molecule has 2 aliphatic rings. The molecule has 1 amide bonds. The highest BCUT2D eigenvalue weighted by atomic mass is 16.5. The van der Waals surface area contributed by atoms with Gasteiger partial charge in [-0.25, -0.2) is 4.98 Å². The number of hydrogen-bond acceptors (Lipinski definition) is 4. The van der Waals surface area contributed by atoms with Crippen molar-refractivity contribution < 1.29 is 9.53 Å². The Bertz CT molecular complexity index is 786. The molecule has 1 aromatic carbocycles. The van der Waals surface area contributed by atoms with Gasteiger partial charge < -0.3 is 14.5 Å². The number of amides is 1. The Morgan fingerprint density at radius 3 is 2.79 bits per heavy atom. The number of para-hydroxylation sites is 1. The van der Waals surface area contributed by atoms with Crippen LogP contribution in [-0.4, -0.2) is 37.1 Å². The number of nitrogens with zero attached hydrogens (tertiary/aromatic N) is 3. The summed E-state index contributed by atoms with van der Waals surface area (Å²) in [6.45, 7) is 3.67. The molecule has 4 rings (SSSR count). The minimum atomic E-state index is -0.0535. The molecule has 0 saturated heterocycles. The van der Waals surface area contributed by atoms with Crippen molar-refractivity contribution in [2.24, 2.45) is 0 Å². The van der Waals surface area contributed by atoms with Crippen molar-refractivity contribution >= 4 is 17.3 Å². The number of benzene rings is 1. The first-order chi connectivity index (χ1) is 11.7. The zero-order valence-electron chi connectivity index (χ0n) is 14.0. The van der Waals surface area contributed by atoms with Gasteiger partial charge in [-0.15, -0.1) is 0 Å². The third-order valence-corrected chi connectivity index (χ3v) is 4.79. The number of methoxy groups -OCH3 is 1. The summed E-state index contributed by atoms with van der Waals surface area (Å²) >= 11 is 0. The molecular weight excluding hydrogens is 302 g/mol. The predicted octanol–water partition coefficient (Wildman–Crippen LogP) is 3.03. The fraction of sp³-hybridized carbons (Fsp3) is 0.368. The Kier molecular flexibility index (Phi) is 3.63. The minimum Gasteiger partial charge on any atom is -0.480 e. The highest BCUT2D eigenvalue weighted by Crippen LogP contribution is 2.42. The van der Waals surface area contributed by atoms with Crippen molar-refractivity contribution in [1.82, 2.24) is 4.98 Å². The molecule has 0 N–H and O–H groups in total. The molecule has 0 spiro atoms. The Morgan fingerprint density at radius 1 is 1.21 bits per heavy atom. The van der Waals surface area contributed by atoms with Crippen molar-refractivity contribution in [2.45, 2.75) is 25.8 Å². The van der Waals surface area contributed by atoms with Gasteiger partial charge >= 0.3 is 0 Å². The van der Waals surface area contributed by atoms with Crippen LogP contribution in [0.5, 0.6) is 5.88 Å².